The normalized spacial score (nSPS) is 17.2. The van der Waals surface area contributed by atoms with Gasteiger partial charge < -0.3 is 15.0 Å². The van der Waals surface area contributed by atoms with Crippen LogP contribution in [-0.2, 0) is 19.6 Å². The fourth-order valence-corrected chi connectivity index (χ4v) is 8.56. The Balaban J connectivity index is 0.740. The van der Waals surface area contributed by atoms with Gasteiger partial charge >= 0.3 is 0 Å². The highest BCUT2D eigenvalue weighted by Gasteiger charge is 2.46. The molecule has 3 N–H and O–H groups in total. The fraction of sp³-hybridized carbons (Fsp3) is 0.349. The molecule has 0 radical (unpaired) electrons. The van der Waals surface area contributed by atoms with Crippen LogP contribution in [0, 0.1) is 0 Å². The molecule has 3 aromatic carbocycles. The van der Waals surface area contributed by atoms with E-state index >= 15 is 0 Å². The lowest BCUT2D eigenvalue weighted by Gasteiger charge is -2.36. The van der Waals surface area contributed by atoms with Crippen LogP contribution in [-0.4, -0.2) is 108 Å². The summed E-state index contributed by atoms with van der Waals surface area (Å²) in [7, 11) is -3.40. The molecule has 2 aromatic heterocycles. The van der Waals surface area contributed by atoms with Crippen molar-refractivity contribution >= 4 is 62.2 Å². The van der Waals surface area contributed by atoms with Crippen LogP contribution in [0.25, 0.3) is 16.8 Å². The van der Waals surface area contributed by atoms with Crippen molar-refractivity contribution in [3.05, 3.63) is 96.2 Å². The number of sulfonamides is 1. The number of aromatic nitrogens is 3. The van der Waals surface area contributed by atoms with E-state index in [9.17, 15) is 27.6 Å². The van der Waals surface area contributed by atoms with Crippen LogP contribution in [0.2, 0.25) is 0 Å². The summed E-state index contributed by atoms with van der Waals surface area (Å²) in [4.78, 5) is 60.7. The van der Waals surface area contributed by atoms with Gasteiger partial charge in [-0.3, -0.25) is 39.0 Å². The Labute approximate surface area is 347 Å². The van der Waals surface area contributed by atoms with Crippen LogP contribution < -0.4 is 25.0 Å². The molecule has 0 saturated carbocycles. The first kappa shape index (κ1) is 40.4. The third kappa shape index (κ3) is 9.11. The second-order valence-electron chi connectivity index (χ2n) is 15.3. The fourth-order valence-electron chi connectivity index (χ4n) is 8.00. The number of unbranched alkanes of at least 4 members (excludes halogenated alkanes) is 4. The molecular formula is C43H47N9O7S. The second-order valence-corrected chi connectivity index (χ2v) is 17.1. The summed E-state index contributed by atoms with van der Waals surface area (Å²) >= 11 is 0. The number of anilines is 4. The van der Waals surface area contributed by atoms with Crippen molar-refractivity contribution < 1.29 is 32.3 Å². The van der Waals surface area contributed by atoms with E-state index in [4.69, 9.17) is 9.84 Å². The third-order valence-electron chi connectivity index (χ3n) is 11.0. The zero-order chi connectivity index (χ0) is 41.8. The van der Waals surface area contributed by atoms with Crippen LogP contribution in [0.5, 0.6) is 5.75 Å². The van der Waals surface area contributed by atoms with Crippen LogP contribution in [0.3, 0.4) is 0 Å². The van der Waals surface area contributed by atoms with Crippen LogP contribution in [0.1, 0.15) is 65.7 Å². The summed E-state index contributed by atoms with van der Waals surface area (Å²) in [6, 6.07) is 23.2. The number of amides is 4. The highest BCUT2D eigenvalue weighted by Crippen LogP contribution is 2.34. The lowest BCUT2D eigenvalue weighted by atomic mass is 10.0. The van der Waals surface area contributed by atoms with Crippen molar-refractivity contribution in [3.63, 3.8) is 0 Å². The maximum atomic E-state index is 13.3. The SMILES string of the molecule is CS(=O)(=O)Nc1cccc(-c2ccc3cnc(Nc4ccc(N5CCN(CCCCCCCOc6cccc7c6C(=O)N(C6CCC(=O)NC6=O)C7=O)CC5)cc4)nn23)c1. The summed E-state index contributed by atoms with van der Waals surface area (Å²) in [5.74, 6) is -1.36. The molecule has 17 heteroatoms. The highest BCUT2D eigenvalue weighted by molar-refractivity contribution is 7.92. The van der Waals surface area contributed by atoms with Gasteiger partial charge in [-0.2, -0.15) is 0 Å². The van der Waals surface area contributed by atoms with Crippen molar-refractivity contribution in [2.45, 2.75) is 51.0 Å². The van der Waals surface area contributed by atoms with Gasteiger partial charge in [0, 0.05) is 55.2 Å². The lowest BCUT2D eigenvalue weighted by Crippen LogP contribution is -2.54. The van der Waals surface area contributed by atoms with E-state index in [-0.39, 0.29) is 24.0 Å². The smallest absolute Gasteiger partial charge is 0.266 e. The number of benzene rings is 3. The largest absolute Gasteiger partial charge is 0.493 e. The van der Waals surface area contributed by atoms with Gasteiger partial charge in [0.05, 0.1) is 41.4 Å². The molecule has 5 heterocycles. The van der Waals surface area contributed by atoms with Crippen LogP contribution in [0.15, 0.2) is 85.1 Å². The maximum Gasteiger partial charge on any atom is 0.266 e. The predicted molar refractivity (Wildman–Crippen MR) is 227 cm³/mol. The van der Waals surface area contributed by atoms with Gasteiger partial charge in [-0.05, 0) is 86.5 Å². The molecule has 2 fully saturated rings. The molecule has 3 aliphatic rings. The highest BCUT2D eigenvalue weighted by atomic mass is 32.2. The van der Waals surface area contributed by atoms with E-state index < -0.39 is 39.7 Å². The van der Waals surface area contributed by atoms with E-state index in [1.165, 1.54) is 0 Å². The molecule has 2 saturated heterocycles. The van der Waals surface area contributed by atoms with Gasteiger partial charge in [0.25, 0.3) is 11.8 Å². The topological polar surface area (TPSA) is 188 Å². The van der Waals surface area contributed by atoms with Gasteiger partial charge in [-0.1, -0.05) is 37.5 Å². The molecule has 0 bridgehead atoms. The molecule has 1 atom stereocenters. The average molecular weight is 834 g/mol. The molecule has 5 aromatic rings. The predicted octanol–water partition coefficient (Wildman–Crippen LogP) is 5.06. The minimum atomic E-state index is -3.40. The summed E-state index contributed by atoms with van der Waals surface area (Å²) in [6.07, 6.45) is 8.16. The molecule has 1 unspecified atom stereocenters. The monoisotopic (exact) mass is 833 g/mol. The van der Waals surface area contributed by atoms with Crippen LogP contribution >= 0.6 is 0 Å². The molecule has 8 rings (SSSR count). The molecule has 60 heavy (non-hydrogen) atoms. The Morgan fingerprint density at radius 2 is 1.60 bits per heavy atom. The molecule has 0 aliphatic carbocycles. The number of fused-ring (bicyclic) bond motifs is 2. The number of nitrogens with zero attached hydrogens (tertiary/aromatic N) is 6. The second kappa shape index (κ2) is 17.5. The van der Waals surface area contributed by atoms with Gasteiger partial charge in [0.15, 0.2) is 0 Å². The number of imide groups is 2. The molecule has 0 spiro atoms. The number of rotatable bonds is 16. The minimum absolute atomic E-state index is 0.0736. The Bertz CT molecular complexity index is 2540. The Hall–Kier alpha value is -6.33. The third-order valence-corrected chi connectivity index (χ3v) is 11.6. The molecule has 4 amide bonds. The Morgan fingerprint density at radius 1 is 0.833 bits per heavy atom. The first-order chi connectivity index (χ1) is 29.0. The molecular weight excluding hydrogens is 787 g/mol. The number of hydrogen-bond donors (Lipinski definition) is 3. The van der Waals surface area contributed by atoms with Gasteiger partial charge in [0.2, 0.25) is 27.8 Å². The lowest BCUT2D eigenvalue weighted by molar-refractivity contribution is -0.136. The summed E-state index contributed by atoms with van der Waals surface area (Å²) in [6.45, 7) is 5.36. The number of hydrogen-bond acceptors (Lipinski definition) is 12. The Morgan fingerprint density at radius 3 is 2.38 bits per heavy atom. The first-order valence-corrected chi connectivity index (χ1v) is 22.1. The maximum absolute atomic E-state index is 13.3. The van der Waals surface area contributed by atoms with Crippen molar-refractivity contribution in [1.29, 1.82) is 0 Å². The molecule has 3 aliphatic heterocycles. The number of piperazine rings is 1. The van der Waals surface area contributed by atoms with Crippen LogP contribution in [0.4, 0.5) is 23.0 Å². The number of carbonyl (C=O) groups excluding carboxylic acids is 4. The molecule has 312 valence electrons. The number of nitrogens with one attached hydrogen (secondary N) is 3. The van der Waals surface area contributed by atoms with Crippen molar-refractivity contribution in [2.75, 3.05) is 60.5 Å². The van der Waals surface area contributed by atoms with Crippen molar-refractivity contribution in [2.24, 2.45) is 0 Å². The summed E-state index contributed by atoms with van der Waals surface area (Å²) < 4.78 is 33.8. The van der Waals surface area contributed by atoms with Crippen molar-refractivity contribution in [1.82, 2.24) is 29.7 Å². The summed E-state index contributed by atoms with van der Waals surface area (Å²) in [5, 5.41) is 10.3. The quantitative estimate of drug-likeness (QED) is 0.0887. The number of ether oxygens (including phenoxy) is 1. The van der Waals surface area contributed by atoms with Crippen molar-refractivity contribution in [3.8, 4) is 17.0 Å². The zero-order valence-corrected chi connectivity index (χ0v) is 34.1. The van der Waals surface area contributed by atoms with Gasteiger partial charge in [-0.15, -0.1) is 5.10 Å². The Kier molecular flexibility index (Phi) is 11.8. The van der Waals surface area contributed by atoms with E-state index in [1.807, 2.05) is 30.3 Å². The molecule has 16 nitrogen and oxygen atoms in total. The van der Waals surface area contributed by atoms with Gasteiger partial charge in [-0.25, -0.2) is 17.9 Å². The average Bonchev–Trinajstić information content (AvgIpc) is 3.76. The van der Waals surface area contributed by atoms with E-state index in [0.717, 1.165) is 104 Å². The first-order valence-electron chi connectivity index (χ1n) is 20.3. The van der Waals surface area contributed by atoms with E-state index in [0.29, 0.717) is 24.0 Å². The standard InChI is InChI=1S/C43H47N9O7S/c1-60(57,58)48-31-10-7-9-29(27-31)35-18-17-33-28-44-43(47-52(33)35)45-30-13-15-32(16-14-30)50-24-22-49(23-25-50)21-5-3-2-4-6-26-59-37-12-8-11-34-39(37)42(56)51(41(34)55)36-19-20-38(53)46-40(36)54/h7-18,27-28,36,48H,2-6,19-26H2,1H3,(H,45,47)(H,46,53,54). The number of carbonyl (C=O) groups is 4. The zero-order valence-electron chi connectivity index (χ0n) is 33.3. The summed E-state index contributed by atoms with van der Waals surface area (Å²) in [5.41, 5.74) is 5.34. The van der Waals surface area contributed by atoms with Gasteiger partial charge in [0.1, 0.15) is 11.8 Å². The van der Waals surface area contributed by atoms with E-state index in [2.05, 4.69) is 42.3 Å². The minimum Gasteiger partial charge on any atom is -0.493 e. The number of piperidine rings is 1. The van der Waals surface area contributed by atoms with E-state index in [1.54, 1.807) is 47.1 Å².